The quantitative estimate of drug-likeness (QED) is 0.943. The largest absolute Gasteiger partial charge is 0.308 e. The SMILES string of the molecule is CNC(c1cccc(F)c1F)c1snnc1C(C)(C)C. The van der Waals surface area contributed by atoms with E-state index in [1.807, 2.05) is 20.8 Å². The Bertz CT molecular complexity index is 605. The van der Waals surface area contributed by atoms with Gasteiger partial charge in [-0.1, -0.05) is 37.4 Å². The maximum atomic E-state index is 14.0. The lowest BCUT2D eigenvalue weighted by Gasteiger charge is -2.22. The van der Waals surface area contributed by atoms with E-state index >= 15 is 0 Å². The van der Waals surface area contributed by atoms with Crippen molar-refractivity contribution >= 4 is 11.5 Å². The smallest absolute Gasteiger partial charge is 0.163 e. The van der Waals surface area contributed by atoms with Gasteiger partial charge in [-0.3, -0.25) is 0 Å². The summed E-state index contributed by atoms with van der Waals surface area (Å²) in [4.78, 5) is 0.810. The Morgan fingerprint density at radius 1 is 1.25 bits per heavy atom. The van der Waals surface area contributed by atoms with Crippen LogP contribution in [0.2, 0.25) is 0 Å². The van der Waals surface area contributed by atoms with Gasteiger partial charge in [0.05, 0.1) is 16.6 Å². The second-order valence-electron chi connectivity index (χ2n) is 5.60. The monoisotopic (exact) mass is 297 g/mol. The van der Waals surface area contributed by atoms with E-state index in [4.69, 9.17) is 0 Å². The third-order valence-electron chi connectivity index (χ3n) is 3.07. The molecule has 0 amide bonds. The number of nitrogens with zero attached hydrogens (tertiary/aromatic N) is 2. The van der Waals surface area contributed by atoms with E-state index in [1.165, 1.54) is 17.6 Å². The molecule has 0 aliphatic heterocycles. The van der Waals surface area contributed by atoms with Gasteiger partial charge in [0.1, 0.15) is 0 Å². The van der Waals surface area contributed by atoms with Gasteiger partial charge in [0.15, 0.2) is 11.6 Å². The molecule has 0 saturated carbocycles. The van der Waals surface area contributed by atoms with E-state index in [9.17, 15) is 8.78 Å². The molecule has 2 rings (SSSR count). The molecule has 0 aliphatic carbocycles. The van der Waals surface area contributed by atoms with E-state index in [2.05, 4.69) is 14.9 Å². The molecular weight excluding hydrogens is 280 g/mol. The van der Waals surface area contributed by atoms with Gasteiger partial charge in [0.2, 0.25) is 0 Å². The standard InChI is InChI=1S/C14H17F2N3S/c1-14(2,3)13-12(20-19-18-13)11(17-4)8-6-5-7-9(15)10(8)16/h5-7,11,17H,1-4H3. The predicted octanol–water partition coefficient (Wildman–Crippen LogP) is 3.42. The van der Waals surface area contributed by atoms with Crippen molar-refractivity contribution in [2.24, 2.45) is 0 Å². The lowest BCUT2D eigenvalue weighted by Crippen LogP contribution is -2.23. The van der Waals surface area contributed by atoms with E-state index in [0.717, 1.165) is 16.6 Å². The minimum Gasteiger partial charge on any atom is -0.308 e. The molecule has 1 aromatic carbocycles. The molecule has 20 heavy (non-hydrogen) atoms. The fourth-order valence-corrected chi connectivity index (χ4v) is 3.07. The summed E-state index contributed by atoms with van der Waals surface area (Å²) < 4.78 is 31.4. The van der Waals surface area contributed by atoms with Gasteiger partial charge in [0.25, 0.3) is 0 Å². The molecular formula is C14H17F2N3S. The van der Waals surface area contributed by atoms with Crippen LogP contribution in [-0.4, -0.2) is 16.6 Å². The van der Waals surface area contributed by atoms with Crippen molar-refractivity contribution in [2.45, 2.75) is 32.2 Å². The van der Waals surface area contributed by atoms with Crippen molar-refractivity contribution in [1.29, 1.82) is 0 Å². The van der Waals surface area contributed by atoms with Crippen LogP contribution >= 0.6 is 11.5 Å². The Hall–Kier alpha value is -1.40. The second kappa shape index (κ2) is 5.54. The first kappa shape index (κ1) is 15.0. The van der Waals surface area contributed by atoms with Crippen molar-refractivity contribution in [3.63, 3.8) is 0 Å². The van der Waals surface area contributed by atoms with Gasteiger partial charge in [-0.05, 0) is 24.6 Å². The van der Waals surface area contributed by atoms with E-state index in [1.54, 1.807) is 13.1 Å². The van der Waals surface area contributed by atoms with Crippen LogP contribution in [0, 0.1) is 11.6 Å². The van der Waals surface area contributed by atoms with E-state index in [0.29, 0.717) is 0 Å². The normalized spacial score (nSPS) is 13.5. The minimum absolute atomic E-state index is 0.207. The Balaban J connectivity index is 2.54. The zero-order valence-corrected chi connectivity index (χ0v) is 12.7. The number of benzene rings is 1. The fraction of sp³-hybridized carbons (Fsp3) is 0.429. The van der Waals surface area contributed by atoms with Crippen LogP contribution in [0.5, 0.6) is 0 Å². The average Bonchev–Trinajstić information content (AvgIpc) is 2.84. The highest BCUT2D eigenvalue weighted by molar-refractivity contribution is 7.05. The van der Waals surface area contributed by atoms with Gasteiger partial charge < -0.3 is 5.32 Å². The number of rotatable bonds is 3. The number of hydrogen-bond donors (Lipinski definition) is 1. The Labute approximate surface area is 121 Å². The highest BCUT2D eigenvalue weighted by Gasteiger charge is 2.29. The second-order valence-corrected chi connectivity index (χ2v) is 6.39. The van der Waals surface area contributed by atoms with Gasteiger partial charge in [-0.2, -0.15) is 0 Å². The predicted molar refractivity (Wildman–Crippen MR) is 75.9 cm³/mol. The Kier molecular flexibility index (Phi) is 4.15. The molecule has 1 N–H and O–H groups in total. The highest BCUT2D eigenvalue weighted by atomic mass is 32.1. The molecule has 0 spiro atoms. The summed E-state index contributed by atoms with van der Waals surface area (Å²) in [5.74, 6) is -1.68. The number of aromatic nitrogens is 2. The van der Waals surface area contributed by atoms with Crippen molar-refractivity contribution in [3.8, 4) is 0 Å². The van der Waals surface area contributed by atoms with E-state index < -0.39 is 17.7 Å². The number of nitrogens with one attached hydrogen (secondary N) is 1. The van der Waals surface area contributed by atoms with Crippen LogP contribution in [0.4, 0.5) is 8.78 Å². The van der Waals surface area contributed by atoms with Crippen molar-refractivity contribution < 1.29 is 8.78 Å². The van der Waals surface area contributed by atoms with Gasteiger partial charge in [0, 0.05) is 11.0 Å². The third kappa shape index (κ3) is 2.71. The molecule has 6 heteroatoms. The molecule has 3 nitrogen and oxygen atoms in total. The van der Waals surface area contributed by atoms with Gasteiger partial charge in [-0.15, -0.1) is 5.10 Å². The molecule has 1 atom stereocenters. The molecule has 0 radical (unpaired) electrons. The van der Waals surface area contributed by atoms with Crippen molar-refractivity contribution in [2.75, 3.05) is 7.05 Å². The Morgan fingerprint density at radius 3 is 2.55 bits per heavy atom. The van der Waals surface area contributed by atoms with Crippen LogP contribution in [0.15, 0.2) is 18.2 Å². The molecule has 108 valence electrons. The Morgan fingerprint density at radius 2 is 1.95 bits per heavy atom. The van der Waals surface area contributed by atoms with Crippen LogP contribution in [0.25, 0.3) is 0 Å². The molecule has 0 saturated heterocycles. The maximum absolute atomic E-state index is 14.0. The summed E-state index contributed by atoms with van der Waals surface area (Å²) in [6.45, 7) is 6.05. The summed E-state index contributed by atoms with van der Waals surface area (Å²) in [6, 6.07) is 3.73. The first-order valence-electron chi connectivity index (χ1n) is 6.30. The zero-order chi connectivity index (χ0) is 14.9. The lowest BCUT2D eigenvalue weighted by molar-refractivity contribution is 0.485. The molecule has 0 aliphatic rings. The summed E-state index contributed by atoms with van der Waals surface area (Å²) in [5.41, 5.74) is 0.857. The lowest BCUT2D eigenvalue weighted by atomic mass is 9.88. The molecule has 0 fully saturated rings. The van der Waals surface area contributed by atoms with Gasteiger partial charge >= 0.3 is 0 Å². The van der Waals surface area contributed by atoms with E-state index in [-0.39, 0.29) is 11.0 Å². The first-order chi connectivity index (χ1) is 9.36. The zero-order valence-electron chi connectivity index (χ0n) is 11.9. The van der Waals surface area contributed by atoms with Crippen molar-refractivity contribution in [3.05, 3.63) is 46.0 Å². The summed E-state index contributed by atoms with van der Waals surface area (Å²) in [5, 5.41) is 7.17. The first-order valence-corrected chi connectivity index (χ1v) is 7.07. The maximum Gasteiger partial charge on any atom is 0.163 e. The molecule has 1 unspecified atom stereocenters. The van der Waals surface area contributed by atoms with Crippen LogP contribution in [-0.2, 0) is 5.41 Å². The number of hydrogen-bond acceptors (Lipinski definition) is 4. The average molecular weight is 297 g/mol. The minimum atomic E-state index is -0.850. The summed E-state index contributed by atoms with van der Waals surface area (Å²) >= 11 is 1.21. The summed E-state index contributed by atoms with van der Waals surface area (Å²) in [7, 11) is 1.71. The molecule has 0 bridgehead atoms. The fourth-order valence-electron chi connectivity index (χ4n) is 2.08. The molecule has 2 aromatic rings. The van der Waals surface area contributed by atoms with Crippen molar-refractivity contribution in [1.82, 2.24) is 14.9 Å². The van der Waals surface area contributed by atoms with Gasteiger partial charge in [-0.25, -0.2) is 8.78 Å². The third-order valence-corrected chi connectivity index (χ3v) is 3.86. The molecule has 1 aromatic heterocycles. The summed E-state index contributed by atoms with van der Waals surface area (Å²) in [6.07, 6.45) is 0. The highest BCUT2D eigenvalue weighted by Crippen LogP contribution is 2.34. The van der Waals surface area contributed by atoms with Crippen LogP contribution in [0.1, 0.15) is 42.9 Å². The van der Waals surface area contributed by atoms with Crippen LogP contribution in [0.3, 0.4) is 0 Å². The molecule has 1 heterocycles. The number of halogens is 2. The topological polar surface area (TPSA) is 37.8 Å². The van der Waals surface area contributed by atoms with Crippen LogP contribution < -0.4 is 5.32 Å².